The van der Waals surface area contributed by atoms with E-state index in [0.29, 0.717) is 43.1 Å². The van der Waals surface area contributed by atoms with E-state index in [0.717, 1.165) is 48.3 Å². The average Bonchev–Trinajstić information content (AvgIpc) is 3.67. The minimum absolute atomic E-state index is 0.0132. The number of nitrogens with zero attached hydrogens (tertiary/aromatic N) is 4. The molecule has 9 heteroatoms. The predicted octanol–water partition coefficient (Wildman–Crippen LogP) is 3.21. The van der Waals surface area contributed by atoms with Gasteiger partial charge in [0.1, 0.15) is 11.4 Å². The van der Waals surface area contributed by atoms with Gasteiger partial charge in [0.2, 0.25) is 5.95 Å². The standard InChI is InChI=1S/C28H31FN6O2/c1-34(2)15-19-13-17(4-6-22(19)35-9-11-37-12-10-35)23-25(29)33-26(30)24(32-23)18-3-5-20-21(14-18)28(7-8-28)16-31-27(20)36/h3-6,13-14H,7-12,15-16H2,1-2H3,(H2,30,33)(H,31,36). The Bertz CT molecular complexity index is 1380. The first-order valence-electron chi connectivity index (χ1n) is 12.7. The Balaban J connectivity index is 1.42. The Morgan fingerprint density at radius 1 is 1.08 bits per heavy atom. The molecule has 3 N–H and O–H groups in total. The quantitative estimate of drug-likeness (QED) is 0.553. The molecule has 8 nitrogen and oxygen atoms in total. The summed E-state index contributed by atoms with van der Waals surface area (Å²) in [7, 11) is 4.03. The topological polar surface area (TPSA) is 96.6 Å². The summed E-state index contributed by atoms with van der Waals surface area (Å²) in [6.45, 7) is 4.35. The van der Waals surface area contributed by atoms with Crippen molar-refractivity contribution in [2.24, 2.45) is 0 Å². The van der Waals surface area contributed by atoms with Crippen LogP contribution in [-0.2, 0) is 16.7 Å². The second-order valence-corrected chi connectivity index (χ2v) is 10.5. The highest BCUT2D eigenvalue weighted by molar-refractivity contribution is 5.98. The highest BCUT2D eigenvalue weighted by Gasteiger charge is 2.49. The zero-order valence-electron chi connectivity index (χ0n) is 21.2. The van der Waals surface area contributed by atoms with E-state index >= 15 is 4.39 Å². The van der Waals surface area contributed by atoms with Gasteiger partial charge >= 0.3 is 0 Å². The van der Waals surface area contributed by atoms with E-state index < -0.39 is 5.95 Å². The Kier molecular flexibility index (Phi) is 5.84. The van der Waals surface area contributed by atoms with Gasteiger partial charge in [0.25, 0.3) is 5.91 Å². The number of rotatable bonds is 5. The Hall–Kier alpha value is -3.56. The highest BCUT2D eigenvalue weighted by atomic mass is 19.1. The molecule has 1 amide bonds. The van der Waals surface area contributed by atoms with E-state index in [4.69, 9.17) is 15.5 Å². The number of benzene rings is 2. The fourth-order valence-corrected chi connectivity index (χ4v) is 5.50. The second-order valence-electron chi connectivity index (χ2n) is 10.5. The van der Waals surface area contributed by atoms with E-state index in [1.807, 2.05) is 50.5 Å². The number of nitrogens with one attached hydrogen (secondary N) is 1. The van der Waals surface area contributed by atoms with Crippen LogP contribution in [0.1, 0.15) is 34.3 Å². The van der Waals surface area contributed by atoms with Gasteiger partial charge < -0.3 is 25.6 Å². The number of morpholine rings is 1. The van der Waals surface area contributed by atoms with Gasteiger partial charge in [-0.05, 0) is 62.3 Å². The number of amides is 1. The van der Waals surface area contributed by atoms with Crippen molar-refractivity contribution in [1.82, 2.24) is 20.2 Å². The van der Waals surface area contributed by atoms with Gasteiger partial charge in [-0.2, -0.15) is 9.37 Å². The number of hydrogen-bond donors (Lipinski definition) is 2. The predicted molar refractivity (Wildman–Crippen MR) is 141 cm³/mol. The van der Waals surface area contributed by atoms with E-state index in [1.165, 1.54) is 0 Å². The lowest BCUT2D eigenvalue weighted by Crippen LogP contribution is -2.39. The molecule has 37 heavy (non-hydrogen) atoms. The molecule has 3 aromatic rings. The maximum atomic E-state index is 15.2. The SMILES string of the molecule is CN(C)Cc1cc(-c2nc(-c3ccc4c(c3)C3(CC3)CNC4=O)c(N)nc2F)ccc1N1CCOCC1. The Labute approximate surface area is 215 Å². The number of hydrogen-bond acceptors (Lipinski definition) is 7. The van der Waals surface area contributed by atoms with Crippen LogP contribution < -0.4 is 16.0 Å². The lowest BCUT2D eigenvalue weighted by Gasteiger charge is -2.31. The number of anilines is 2. The Morgan fingerprint density at radius 3 is 2.54 bits per heavy atom. The van der Waals surface area contributed by atoms with Crippen LogP contribution in [0.3, 0.4) is 0 Å². The number of fused-ring (bicyclic) bond motifs is 2. The zero-order valence-corrected chi connectivity index (χ0v) is 21.2. The molecule has 0 bridgehead atoms. The number of ether oxygens (including phenoxy) is 1. The van der Waals surface area contributed by atoms with Crippen molar-refractivity contribution in [3.8, 4) is 22.5 Å². The van der Waals surface area contributed by atoms with Gasteiger partial charge in [-0.1, -0.05) is 12.1 Å². The third-order valence-corrected chi connectivity index (χ3v) is 7.62. The van der Waals surface area contributed by atoms with E-state index in [9.17, 15) is 4.79 Å². The maximum absolute atomic E-state index is 15.2. The molecule has 1 aromatic heterocycles. The largest absolute Gasteiger partial charge is 0.382 e. The molecule has 3 aliphatic rings. The monoisotopic (exact) mass is 502 g/mol. The number of carbonyl (C=O) groups is 1. The lowest BCUT2D eigenvalue weighted by molar-refractivity contribution is 0.0937. The second kappa shape index (κ2) is 9.08. The molecule has 2 aliphatic heterocycles. The van der Waals surface area contributed by atoms with Crippen LogP contribution in [0.5, 0.6) is 0 Å². The summed E-state index contributed by atoms with van der Waals surface area (Å²) in [6, 6.07) is 11.5. The normalized spacial score (nSPS) is 18.2. The third-order valence-electron chi connectivity index (χ3n) is 7.62. The molecule has 1 aliphatic carbocycles. The minimum Gasteiger partial charge on any atom is -0.382 e. The number of nitrogens with two attached hydrogens (primary N) is 1. The fourth-order valence-electron chi connectivity index (χ4n) is 5.50. The minimum atomic E-state index is -0.702. The molecule has 6 rings (SSSR count). The van der Waals surface area contributed by atoms with Gasteiger partial charge in [0, 0.05) is 54.0 Å². The Morgan fingerprint density at radius 2 is 1.81 bits per heavy atom. The lowest BCUT2D eigenvalue weighted by atomic mass is 9.86. The fraction of sp³-hybridized carbons (Fsp3) is 0.393. The molecule has 2 aromatic carbocycles. The van der Waals surface area contributed by atoms with Crippen LogP contribution in [0.25, 0.3) is 22.5 Å². The summed E-state index contributed by atoms with van der Waals surface area (Å²) in [4.78, 5) is 25.6. The first-order valence-corrected chi connectivity index (χ1v) is 12.7. The molecule has 192 valence electrons. The molecule has 2 fully saturated rings. The van der Waals surface area contributed by atoms with Crippen molar-refractivity contribution in [3.05, 3.63) is 59.0 Å². The first kappa shape index (κ1) is 23.8. The van der Waals surface area contributed by atoms with E-state index in [2.05, 4.69) is 20.1 Å². The van der Waals surface area contributed by atoms with Crippen LogP contribution in [0, 0.1) is 5.95 Å². The van der Waals surface area contributed by atoms with Crippen LogP contribution in [0.2, 0.25) is 0 Å². The summed E-state index contributed by atoms with van der Waals surface area (Å²) < 4.78 is 20.7. The van der Waals surface area contributed by atoms with Crippen LogP contribution in [0.15, 0.2) is 36.4 Å². The van der Waals surface area contributed by atoms with Gasteiger partial charge in [-0.3, -0.25) is 4.79 Å². The number of halogens is 1. The van der Waals surface area contributed by atoms with Gasteiger partial charge in [0.05, 0.1) is 13.2 Å². The molecular weight excluding hydrogens is 471 g/mol. The molecule has 3 heterocycles. The molecule has 1 spiro atoms. The molecule has 1 saturated heterocycles. The maximum Gasteiger partial charge on any atom is 0.251 e. The third kappa shape index (κ3) is 4.32. The van der Waals surface area contributed by atoms with Crippen molar-refractivity contribution in [1.29, 1.82) is 0 Å². The van der Waals surface area contributed by atoms with Gasteiger partial charge in [-0.25, -0.2) is 4.98 Å². The van der Waals surface area contributed by atoms with Crippen LogP contribution in [-0.4, -0.2) is 67.7 Å². The van der Waals surface area contributed by atoms with Crippen molar-refractivity contribution < 1.29 is 13.9 Å². The van der Waals surface area contributed by atoms with Crippen molar-refractivity contribution in [2.75, 3.05) is 57.6 Å². The molecular formula is C28H31FN6O2. The number of aromatic nitrogens is 2. The summed E-state index contributed by atoms with van der Waals surface area (Å²) in [5.74, 6) is -0.733. The molecule has 1 saturated carbocycles. The van der Waals surface area contributed by atoms with Crippen molar-refractivity contribution in [3.63, 3.8) is 0 Å². The summed E-state index contributed by atoms with van der Waals surface area (Å²) in [5, 5.41) is 2.99. The van der Waals surface area contributed by atoms with Gasteiger partial charge in [-0.15, -0.1) is 0 Å². The van der Waals surface area contributed by atoms with Crippen LogP contribution >= 0.6 is 0 Å². The summed E-state index contributed by atoms with van der Waals surface area (Å²) in [6.07, 6.45) is 2.06. The summed E-state index contributed by atoms with van der Waals surface area (Å²) in [5.41, 5.74) is 12.1. The van der Waals surface area contributed by atoms with Gasteiger partial charge in [0.15, 0.2) is 5.82 Å². The van der Waals surface area contributed by atoms with E-state index in [1.54, 1.807) is 0 Å². The van der Waals surface area contributed by atoms with Crippen molar-refractivity contribution in [2.45, 2.75) is 24.8 Å². The first-order chi connectivity index (χ1) is 17.8. The number of carbonyl (C=O) groups excluding carboxylic acids is 1. The smallest absolute Gasteiger partial charge is 0.251 e. The number of nitrogen functional groups attached to an aromatic ring is 1. The molecule has 0 unspecified atom stereocenters. The summed E-state index contributed by atoms with van der Waals surface area (Å²) >= 11 is 0. The van der Waals surface area contributed by atoms with Crippen LogP contribution in [0.4, 0.5) is 15.9 Å². The molecule has 0 radical (unpaired) electrons. The van der Waals surface area contributed by atoms with E-state index in [-0.39, 0.29) is 22.8 Å². The average molecular weight is 503 g/mol. The highest BCUT2D eigenvalue weighted by Crippen LogP contribution is 2.51. The molecule has 0 atom stereocenters. The zero-order chi connectivity index (χ0) is 25.7. The van der Waals surface area contributed by atoms with Crippen molar-refractivity contribution >= 4 is 17.4 Å².